The minimum Gasteiger partial charge on any atom is -0.305 e. The van der Waals surface area contributed by atoms with Crippen molar-refractivity contribution in [2.45, 2.75) is 31.6 Å². The fraction of sp³-hybridized carbons (Fsp3) is 1.00. The van der Waals surface area contributed by atoms with E-state index in [2.05, 4.69) is 9.62 Å². The number of rotatable bonds is 3. The van der Waals surface area contributed by atoms with Crippen molar-refractivity contribution in [1.29, 1.82) is 0 Å². The lowest BCUT2D eigenvalue weighted by Crippen LogP contribution is -2.40. The highest BCUT2D eigenvalue weighted by molar-refractivity contribution is 7.90. The Morgan fingerprint density at radius 1 is 1.46 bits per heavy atom. The lowest BCUT2D eigenvalue weighted by Gasteiger charge is -2.15. The van der Waals surface area contributed by atoms with Gasteiger partial charge in [0.1, 0.15) is 0 Å². The van der Waals surface area contributed by atoms with Gasteiger partial charge in [0.2, 0.25) is 10.0 Å². The summed E-state index contributed by atoms with van der Waals surface area (Å²) < 4.78 is 25.6. The molecule has 1 aliphatic heterocycles. The van der Waals surface area contributed by atoms with Crippen molar-refractivity contribution in [3.05, 3.63) is 0 Å². The van der Waals surface area contributed by atoms with Crippen molar-refractivity contribution >= 4 is 10.0 Å². The van der Waals surface area contributed by atoms with Crippen LogP contribution in [0.1, 0.15) is 20.3 Å². The zero-order valence-corrected chi connectivity index (χ0v) is 9.26. The number of sulfonamides is 1. The highest BCUT2D eigenvalue weighted by Gasteiger charge is 2.25. The molecule has 5 heteroatoms. The summed E-state index contributed by atoms with van der Waals surface area (Å²) in [7, 11) is -1.08. The summed E-state index contributed by atoms with van der Waals surface area (Å²) in [6, 6.07) is 0.109. The van der Waals surface area contributed by atoms with Crippen molar-refractivity contribution in [3.8, 4) is 0 Å². The third-order valence-electron chi connectivity index (χ3n) is 2.34. The summed E-state index contributed by atoms with van der Waals surface area (Å²) in [4.78, 5) is 2.13. The molecule has 0 aromatic carbocycles. The number of hydrogen-bond acceptors (Lipinski definition) is 3. The Morgan fingerprint density at radius 2 is 2.08 bits per heavy atom. The van der Waals surface area contributed by atoms with Crippen LogP contribution in [0.15, 0.2) is 0 Å². The van der Waals surface area contributed by atoms with Crippen LogP contribution < -0.4 is 4.72 Å². The Bertz CT molecular complexity index is 261. The molecule has 0 radical (unpaired) electrons. The van der Waals surface area contributed by atoms with Gasteiger partial charge in [0, 0.05) is 12.6 Å². The van der Waals surface area contributed by atoms with Crippen molar-refractivity contribution in [2.75, 3.05) is 20.1 Å². The quantitative estimate of drug-likeness (QED) is 0.708. The summed E-state index contributed by atoms with van der Waals surface area (Å²) in [5.74, 6) is 0. The normalized spacial score (nSPS) is 25.7. The maximum Gasteiger partial charge on any atom is 0.214 e. The van der Waals surface area contributed by atoms with Gasteiger partial charge in [-0.15, -0.1) is 0 Å². The summed E-state index contributed by atoms with van der Waals surface area (Å²) in [5, 5.41) is -0.335. The van der Waals surface area contributed by atoms with Gasteiger partial charge >= 0.3 is 0 Å². The molecule has 0 bridgehead atoms. The SMILES string of the molecule is CC(C)S(=O)(=O)NC1CCN(C)C1. The van der Waals surface area contributed by atoms with Gasteiger partial charge in [-0.1, -0.05) is 0 Å². The second-order valence-electron chi connectivity index (χ2n) is 3.96. The molecule has 0 aromatic heterocycles. The molecule has 0 aliphatic carbocycles. The molecular weight excluding hydrogens is 188 g/mol. The molecule has 0 aromatic rings. The maximum absolute atomic E-state index is 11.5. The molecule has 1 rings (SSSR count). The predicted octanol–water partition coefficient (Wildman–Crippen LogP) is 0.0183. The van der Waals surface area contributed by atoms with Crippen LogP contribution in [0.25, 0.3) is 0 Å². The van der Waals surface area contributed by atoms with Crippen LogP contribution >= 0.6 is 0 Å². The maximum atomic E-state index is 11.5. The van der Waals surface area contributed by atoms with Crippen LogP contribution in [0.3, 0.4) is 0 Å². The lowest BCUT2D eigenvalue weighted by atomic mass is 10.3. The van der Waals surface area contributed by atoms with E-state index in [0.29, 0.717) is 0 Å². The van der Waals surface area contributed by atoms with E-state index in [1.54, 1.807) is 13.8 Å². The lowest BCUT2D eigenvalue weighted by molar-refractivity contribution is 0.407. The Kier molecular flexibility index (Phi) is 3.32. The summed E-state index contributed by atoms with van der Waals surface area (Å²) in [6.07, 6.45) is 0.919. The number of nitrogens with zero attached hydrogens (tertiary/aromatic N) is 1. The Hall–Kier alpha value is -0.130. The highest BCUT2D eigenvalue weighted by atomic mass is 32.2. The summed E-state index contributed by atoms with van der Waals surface area (Å²) >= 11 is 0. The first kappa shape index (κ1) is 10.9. The fourth-order valence-corrected chi connectivity index (χ4v) is 2.33. The Balaban J connectivity index is 2.50. The van der Waals surface area contributed by atoms with Crippen LogP contribution in [-0.2, 0) is 10.0 Å². The van der Waals surface area contributed by atoms with E-state index < -0.39 is 10.0 Å². The summed E-state index contributed by atoms with van der Waals surface area (Å²) in [6.45, 7) is 5.19. The van der Waals surface area contributed by atoms with Gasteiger partial charge in [-0.2, -0.15) is 0 Å². The minimum absolute atomic E-state index is 0.109. The van der Waals surface area contributed by atoms with Crippen LogP contribution in [0.4, 0.5) is 0 Å². The molecular formula is C8H18N2O2S. The van der Waals surface area contributed by atoms with E-state index >= 15 is 0 Å². The number of hydrogen-bond donors (Lipinski definition) is 1. The Morgan fingerprint density at radius 3 is 2.46 bits per heavy atom. The highest BCUT2D eigenvalue weighted by Crippen LogP contribution is 2.09. The third-order valence-corrected chi connectivity index (χ3v) is 4.25. The molecule has 13 heavy (non-hydrogen) atoms. The van der Waals surface area contributed by atoms with Crippen LogP contribution in [-0.4, -0.2) is 44.7 Å². The molecule has 1 atom stereocenters. The molecule has 1 fully saturated rings. The van der Waals surface area contributed by atoms with Crippen LogP contribution in [0.2, 0.25) is 0 Å². The van der Waals surface area contributed by atoms with Gasteiger partial charge in [0.15, 0.2) is 0 Å². The van der Waals surface area contributed by atoms with Crippen molar-refractivity contribution in [2.24, 2.45) is 0 Å². The molecule has 1 saturated heterocycles. The summed E-state index contributed by atoms with van der Waals surface area (Å²) in [5.41, 5.74) is 0. The van der Waals surface area contributed by atoms with E-state index in [4.69, 9.17) is 0 Å². The first-order chi connectivity index (χ1) is 5.92. The average molecular weight is 206 g/mol. The minimum atomic E-state index is -3.08. The molecule has 4 nitrogen and oxygen atoms in total. The Labute approximate surface area is 80.4 Å². The third kappa shape index (κ3) is 2.93. The van der Waals surface area contributed by atoms with Gasteiger partial charge < -0.3 is 4.90 Å². The molecule has 0 spiro atoms. The largest absolute Gasteiger partial charge is 0.305 e. The van der Waals surface area contributed by atoms with Gasteiger partial charge in [-0.3, -0.25) is 0 Å². The van der Waals surface area contributed by atoms with Gasteiger partial charge in [0.05, 0.1) is 5.25 Å². The number of likely N-dealkylation sites (tertiary alicyclic amines) is 1. The molecule has 0 saturated carbocycles. The smallest absolute Gasteiger partial charge is 0.214 e. The molecule has 1 unspecified atom stereocenters. The van der Waals surface area contributed by atoms with E-state index in [-0.39, 0.29) is 11.3 Å². The van der Waals surface area contributed by atoms with E-state index in [0.717, 1.165) is 19.5 Å². The first-order valence-corrected chi connectivity index (χ1v) is 6.16. The fourth-order valence-electron chi connectivity index (χ4n) is 1.40. The predicted molar refractivity (Wildman–Crippen MR) is 53.1 cm³/mol. The molecule has 1 N–H and O–H groups in total. The molecule has 0 amide bonds. The zero-order chi connectivity index (χ0) is 10.1. The molecule has 78 valence electrons. The second-order valence-corrected chi connectivity index (χ2v) is 6.23. The second kappa shape index (κ2) is 3.94. The standard InChI is InChI=1S/C8H18N2O2S/c1-7(2)13(11,12)9-8-4-5-10(3)6-8/h7-9H,4-6H2,1-3H3. The van der Waals surface area contributed by atoms with Crippen molar-refractivity contribution in [3.63, 3.8) is 0 Å². The van der Waals surface area contributed by atoms with Crippen molar-refractivity contribution < 1.29 is 8.42 Å². The first-order valence-electron chi connectivity index (χ1n) is 4.61. The number of nitrogens with one attached hydrogen (secondary N) is 1. The van der Waals surface area contributed by atoms with E-state index in [9.17, 15) is 8.42 Å². The van der Waals surface area contributed by atoms with Gasteiger partial charge in [-0.05, 0) is 33.9 Å². The van der Waals surface area contributed by atoms with Crippen molar-refractivity contribution in [1.82, 2.24) is 9.62 Å². The van der Waals surface area contributed by atoms with Gasteiger partial charge in [-0.25, -0.2) is 13.1 Å². The number of likely N-dealkylation sites (N-methyl/N-ethyl adjacent to an activating group) is 1. The van der Waals surface area contributed by atoms with Crippen LogP contribution in [0.5, 0.6) is 0 Å². The van der Waals surface area contributed by atoms with Crippen LogP contribution in [0, 0.1) is 0 Å². The average Bonchev–Trinajstić information content (AvgIpc) is 2.34. The molecule has 1 aliphatic rings. The van der Waals surface area contributed by atoms with Gasteiger partial charge in [0.25, 0.3) is 0 Å². The monoisotopic (exact) mass is 206 g/mol. The van der Waals surface area contributed by atoms with E-state index in [1.807, 2.05) is 7.05 Å². The molecule has 1 heterocycles. The topological polar surface area (TPSA) is 49.4 Å². The zero-order valence-electron chi connectivity index (χ0n) is 8.45. The van der Waals surface area contributed by atoms with E-state index in [1.165, 1.54) is 0 Å².